The summed E-state index contributed by atoms with van der Waals surface area (Å²) in [7, 11) is 0. The molecule has 0 radical (unpaired) electrons. The van der Waals surface area contributed by atoms with Crippen molar-refractivity contribution in [2.75, 3.05) is 0 Å². The third-order valence-electron chi connectivity index (χ3n) is 4.61. The van der Waals surface area contributed by atoms with Gasteiger partial charge < -0.3 is 5.32 Å². The van der Waals surface area contributed by atoms with Crippen molar-refractivity contribution in [1.82, 2.24) is 20.1 Å². The predicted octanol–water partition coefficient (Wildman–Crippen LogP) is 5.06. The normalized spacial score (nSPS) is 10.6. The Kier molecular flexibility index (Phi) is 5.56. The van der Waals surface area contributed by atoms with Crippen LogP contribution in [0.1, 0.15) is 20.9 Å². The van der Waals surface area contributed by atoms with Gasteiger partial charge in [-0.25, -0.2) is 18.3 Å². The first-order valence-electron chi connectivity index (χ1n) is 9.16. The molecule has 0 aliphatic rings. The third kappa shape index (κ3) is 4.20. The van der Waals surface area contributed by atoms with E-state index in [2.05, 4.69) is 20.2 Å². The number of thiophene rings is 1. The number of hydrogen-bond donors (Lipinski definition) is 1. The van der Waals surface area contributed by atoms with Crippen molar-refractivity contribution in [3.8, 4) is 16.9 Å². The van der Waals surface area contributed by atoms with E-state index in [1.807, 2.05) is 18.4 Å². The molecule has 3 heterocycles. The summed E-state index contributed by atoms with van der Waals surface area (Å²) in [6, 6.07) is 8.99. The van der Waals surface area contributed by atoms with Crippen LogP contribution in [0, 0.1) is 25.1 Å². The van der Waals surface area contributed by atoms with Crippen LogP contribution >= 0.6 is 11.3 Å². The van der Waals surface area contributed by atoms with Crippen LogP contribution in [0.2, 0.25) is 0 Å². The minimum Gasteiger partial charge on any atom is -0.346 e. The Balaban J connectivity index is 1.50. The molecule has 0 aliphatic heterocycles. The van der Waals surface area contributed by atoms with Crippen molar-refractivity contribution in [3.05, 3.63) is 93.4 Å². The molecule has 0 atom stereocenters. The first-order chi connectivity index (χ1) is 15.0. The molecule has 0 saturated heterocycles. The Morgan fingerprint density at radius 3 is 2.74 bits per heavy atom. The molecule has 4 aromatic rings. The van der Waals surface area contributed by atoms with Crippen molar-refractivity contribution in [2.45, 2.75) is 13.5 Å². The van der Waals surface area contributed by atoms with Gasteiger partial charge >= 0.3 is 0 Å². The van der Waals surface area contributed by atoms with Crippen LogP contribution in [0.5, 0.6) is 0 Å². The van der Waals surface area contributed by atoms with E-state index in [9.17, 15) is 13.6 Å². The lowest BCUT2D eigenvalue weighted by Crippen LogP contribution is -2.23. The van der Waals surface area contributed by atoms with E-state index in [1.165, 1.54) is 40.4 Å². The smallest absolute Gasteiger partial charge is 0.261 e. The Labute approximate surface area is 180 Å². The number of nitrogens with one attached hydrogen (secondary N) is 1. The Bertz CT molecular complexity index is 1320. The van der Waals surface area contributed by atoms with Crippen LogP contribution in [0.3, 0.4) is 0 Å². The zero-order chi connectivity index (χ0) is 22.0. The summed E-state index contributed by atoms with van der Waals surface area (Å²) in [6.45, 7) is 8.71. The van der Waals surface area contributed by atoms with E-state index in [0.717, 1.165) is 5.56 Å². The molecule has 9 heteroatoms. The van der Waals surface area contributed by atoms with E-state index in [4.69, 9.17) is 6.57 Å². The Morgan fingerprint density at radius 2 is 2.06 bits per heavy atom. The maximum Gasteiger partial charge on any atom is 0.261 e. The fourth-order valence-corrected chi connectivity index (χ4v) is 3.78. The molecule has 1 amide bonds. The number of carbonyl (C=O) groups is 1. The number of aryl methyl sites for hydroxylation is 1. The van der Waals surface area contributed by atoms with Gasteiger partial charge in [-0.2, -0.15) is 5.10 Å². The second kappa shape index (κ2) is 8.45. The van der Waals surface area contributed by atoms with Crippen LogP contribution in [0.25, 0.3) is 21.8 Å². The van der Waals surface area contributed by atoms with Crippen molar-refractivity contribution in [1.29, 1.82) is 0 Å². The Morgan fingerprint density at radius 1 is 1.23 bits per heavy atom. The van der Waals surface area contributed by atoms with Gasteiger partial charge in [0.2, 0.25) is 5.69 Å². The lowest BCUT2D eigenvalue weighted by molar-refractivity contribution is 0.0953. The minimum absolute atomic E-state index is 0.0423. The quantitative estimate of drug-likeness (QED) is 0.446. The van der Waals surface area contributed by atoms with Crippen molar-refractivity contribution < 1.29 is 13.6 Å². The summed E-state index contributed by atoms with van der Waals surface area (Å²) in [5.41, 5.74) is 2.26. The lowest BCUT2D eigenvalue weighted by atomic mass is 10.1. The molecule has 154 valence electrons. The molecule has 1 aromatic carbocycles. The predicted molar refractivity (Wildman–Crippen MR) is 113 cm³/mol. The molecule has 1 N–H and O–H groups in total. The van der Waals surface area contributed by atoms with Crippen LogP contribution in [-0.2, 0) is 6.54 Å². The number of carbonyl (C=O) groups excluding carboxylic acids is 1. The summed E-state index contributed by atoms with van der Waals surface area (Å²) in [6.07, 6.45) is 3.05. The number of amides is 1. The molecule has 3 aromatic heterocycles. The summed E-state index contributed by atoms with van der Waals surface area (Å²) in [5.74, 6) is -1.48. The van der Waals surface area contributed by atoms with Crippen LogP contribution in [0.4, 0.5) is 14.5 Å². The second-order valence-corrected chi connectivity index (χ2v) is 7.58. The molecule has 0 saturated carbocycles. The highest BCUT2D eigenvalue weighted by atomic mass is 32.1. The average Bonchev–Trinajstić information content (AvgIpc) is 3.42. The van der Waals surface area contributed by atoms with Crippen LogP contribution in [0.15, 0.2) is 54.2 Å². The number of aromatic nitrogens is 3. The summed E-state index contributed by atoms with van der Waals surface area (Å²) in [4.78, 5) is 20.0. The monoisotopic (exact) mass is 435 g/mol. The van der Waals surface area contributed by atoms with Gasteiger partial charge in [-0.3, -0.25) is 9.78 Å². The minimum atomic E-state index is -0.626. The van der Waals surface area contributed by atoms with E-state index in [-0.39, 0.29) is 23.8 Å². The molecular formula is C22H15F2N5OS. The number of halogens is 2. The second-order valence-electron chi connectivity index (χ2n) is 6.66. The lowest BCUT2D eigenvalue weighted by Gasteiger charge is -2.07. The number of pyridine rings is 1. The molecule has 0 unspecified atom stereocenters. The van der Waals surface area contributed by atoms with Gasteiger partial charge in [0.1, 0.15) is 11.6 Å². The van der Waals surface area contributed by atoms with Gasteiger partial charge in [0, 0.05) is 17.8 Å². The molecule has 31 heavy (non-hydrogen) atoms. The van der Waals surface area contributed by atoms with Gasteiger partial charge in [-0.1, -0.05) is 12.1 Å². The maximum absolute atomic E-state index is 14.5. The summed E-state index contributed by atoms with van der Waals surface area (Å²) >= 11 is 1.32. The molecule has 0 fully saturated rings. The van der Waals surface area contributed by atoms with Gasteiger partial charge in [-0.05, 0) is 36.1 Å². The number of nitrogens with zero attached hydrogens (tertiary/aromatic N) is 4. The fourth-order valence-electron chi connectivity index (χ4n) is 2.94. The molecule has 0 aliphatic carbocycles. The van der Waals surface area contributed by atoms with E-state index in [0.29, 0.717) is 21.8 Å². The molecule has 6 nitrogen and oxygen atoms in total. The van der Waals surface area contributed by atoms with E-state index >= 15 is 0 Å². The van der Waals surface area contributed by atoms with E-state index in [1.54, 1.807) is 18.3 Å². The molecular weight excluding hydrogens is 420 g/mol. The van der Waals surface area contributed by atoms with Crippen molar-refractivity contribution in [2.24, 2.45) is 0 Å². The van der Waals surface area contributed by atoms with Gasteiger partial charge in [0.25, 0.3) is 5.91 Å². The zero-order valence-corrected chi connectivity index (χ0v) is 17.1. The van der Waals surface area contributed by atoms with E-state index < -0.39 is 11.6 Å². The first kappa shape index (κ1) is 20.4. The third-order valence-corrected chi connectivity index (χ3v) is 5.62. The summed E-state index contributed by atoms with van der Waals surface area (Å²) < 4.78 is 29.8. The number of benzene rings is 1. The number of hydrogen-bond acceptors (Lipinski definition) is 4. The topological polar surface area (TPSA) is 64.2 Å². The van der Waals surface area contributed by atoms with Gasteiger partial charge in [0.15, 0.2) is 0 Å². The standard InChI is InChI=1S/C22H15F2N5OS/c1-13-6-8-31-21(13)22(30)27-12-20-17(24)10-15(11-26-20)29-7-5-18(28-29)14-3-4-19(25-2)16(23)9-14/h3-11H,12H2,1H3,(H,27,30). The first-order valence-corrected chi connectivity index (χ1v) is 10.0. The van der Waals surface area contributed by atoms with Crippen LogP contribution in [-0.4, -0.2) is 20.7 Å². The highest BCUT2D eigenvalue weighted by molar-refractivity contribution is 7.12. The van der Waals surface area contributed by atoms with Gasteiger partial charge in [0.05, 0.1) is 41.3 Å². The van der Waals surface area contributed by atoms with Gasteiger partial charge in [-0.15, -0.1) is 11.3 Å². The largest absolute Gasteiger partial charge is 0.346 e. The fraction of sp³-hybridized carbons (Fsp3) is 0.0909. The van der Waals surface area contributed by atoms with Crippen molar-refractivity contribution >= 4 is 22.9 Å². The van der Waals surface area contributed by atoms with Crippen LogP contribution < -0.4 is 5.32 Å². The highest BCUT2D eigenvalue weighted by Gasteiger charge is 2.13. The zero-order valence-electron chi connectivity index (χ0n) is 16.3. The average molecular weight is 435 g/mol. The SMILES string of the molecule is [C-]#[N+]c1ccc(-c2ccn(-c3cnc(CNC(=O)c4sccc4C)c(F)c3)n2)cc1F. The summed E-state index contributed by atoms with van der Waals surface area (Å²) in [5, 5.41) is 8.83. The maximum atomic E-state index is 14.5. The highest BCUT2D eigenvalue weighted by Crippen LogP contribution is 2.25. The Hall–Kier alpha value is -3.90. The number of rotatable bonds is 5. The van der Waals surface area contributed by atoms with Crippen molar-refractivity contribution in [3.63, 3.8) is 0 Å². The molecule has 0 bridgehead atoms. The molecule has 4 rings (SSSR count). The molecule has 0 spiro atoms.